The Morgan fingerprint density at radius 2 is 2.26 bits per heavy atom. The lowest BCUT2D eigenvalue weighted by molar-refractivity contribution is 0.101. The standard InChI is InChI=1S/C15H17NO2S/c17-15-14-6-2-1-4-11(14)8-12(16-15)10-19-13-5-3-7-18-9-13/h1-2,4,6,8,13H,3,5,7,9-10H2,(H,16,17). The lowest BCUT2D eigenvalue weighted by Gasteiger charge is -2.21. The predicted octanol–water partition coefficient (Wildman–Crippen LogP) is 2.94. The molecule has 3 rings (SSSR count). The normalized spacial score (nSPS) is 19.7. The molecule has 1 N–H and O–H groups in total. The molecule has 1 atom stereocenters. The summed E-state index contributed by atoms with van der Waals surface area (Å²) < 4.78 is 5.47. The highest BCUT2D eigenvalue weighted by Crippen LogP contribution is 2.24. The fourth-order valence-corrected chi connectivity index (χ4v) is 3.49. The quantitative estimate of drug-likeness (QED) is 0.936. The average molecular weight is 275 g/mol. The molecule has 1 fully saturated rings. The molecule has 19 heavy (non-hydrogen) atoms. The Morgan fingerprint density at radius 1 is 1.37 bits per heavy atom. The number of hydrogen-bond donors (Lipinski definition) is 1. The van der Waals surface area contributed by atoms with E-state index in [2.05, 4.69) is 11.1 Å². The van der Waals surface area contributed by atoms with Crippen LogP contribution in [0.5, 0.6) is 0 Å². The predicted molar refractivity (Wildman–Crippen MR) is 79.7 cm³/mol. The minimum Gasteiger partial charge on any atom is -0.380 e. The van der Waals surface area contributed by atoms with Gasteiger partial charge in [0.1, 0.15) is 0 Å². The van der Waals surface area contributed by atoms with Gasteiger partial charge in [0.2, 0.25) is 0 Å². The number of H-pyrrole nitrogens is 1. The van der Waals surface area contributed by atoms with Crippen LogP contribution in [0.4, 0.5) is 0 Å². The van der Waals surface area contributed by atoms with E-state index in [9.17, 15) is 4.79 Å². The third-order valence-corrected chi connectivity index (χ3v) is 4.72. The molecule has 0 saturated carbocycles. The summed E-state index contributed by atoms with van der Waals surface area (Å²) in [5.41, 5.74) is 1.01. The van der Waals surface area contributed by atoms with Gasteiger partial charge in [0.05, 0.1) is 6.61 Å². The Bertz CT molecular complexity index is 617. The van der Waals surface area contributed by atoms with E-state index in [-0.39, 0.29) is 5.56 Å². The van der Waals surface area contributed by atoms with Crippen LogP contribution in [0.1, 0.15) is 18.5 Å². The van der Waals surface area contributed by atoms with Crippen molar-refractivity contribution in [1.82, 2.24) is 4.98 Å². The summed E-state index contributed by atoms with van der Waals surface area (Å²) in [5, 5.41) is 2.34. The van der Waals surface area contributed by atoms with Crippen molar-refractivity contribution in [3.8, 4) is 0 Å². The Kier molecular flexibility index (Phi) is 3.89. The molecule has 1 aromatic heterocycles. The van der Waals surface area contributed by atoms with Gasteiger partial charge in [-0.25, -0.2) is 0 Å². The number of aromatic nitrogens is 1. The monoisotopic (exact) mass is 275 g/mol. The highest BCUT2D eigenvalue weighted by atomic mass is 32.2. The molecule has 100 valence electrons. The smallest absolute Gasteiger partial charge is 0.256 e. The number of aromatic amines is 1. The molecule has 0 aliphatic carbocycles. The zero-order chi connectivity index (χ0) is 13.1. The number of thioether (sulfide) groups is 1. The Balaban J connectivity index is 1.75. The summed E-state index contributed by atoms with van der Waals surface area (Å²) in [4.78, 5) is 14.9. The first kappa shape index (κ1) is 12.8. The van der Waals surface area contributed by atoms with Gasteiger partial charge in [-0.05, 0) is 30.4 Å². The molecule has 1 aliphatic heterocycles. The minimum absolute atomic E-state index is 0.00796. The minimum atomic E-state index is 0.00796. The van der Waals surface area contributed by atoms with E-state index in [1.54, 1.807) is 0 Å². The average Bonchev–Trinajstić information content (AvgIpc) is 2.46. The number of hydrogen-bond acceptors (Lipinski definition) is 3. The third kappa shape index (κ3) is 3.01. The SMILES string of the molecule is O=c1[nH]c(CSC2CCCOC2)cc2ccccc12. The van der Waals surface area contributed by atoms with Crippen molar-refractivity contribution in [2.45, 2.75) is 23.8 Å². The van der Waals surface area contributed by atoms with Crippen LogP contribution in [-0.2, 0) is 10.5 Å². The van der Waals surface area contributed by atoms with Gasteiger partial charge in [-0.2, -0.15) is 0 Å². The summed E-state index contributed by atoms with van der Waals surface area (Å²) in [7, 11) is 0. The second kappa shape index (κ2) is 5.80. The van der Waals surface area contributed by atoms with Crippen LogP contribution in [0.15, 0.2) is 35.1 Å². The van der Waals surface area contributed by atoms with E-state index in [0.717, 1.165) is 41.9 Å². The number of rotatable bonds is 3. The molecular weight excluding hydrogens is 258 g/mol. The van der Waals surface area contributed by atoms with Gasteiger partial charge in [-0.15, -0.1) is 11.8 Å². The van der Waals surface area contributed by atoms with Crippen LogP contribution >= 0.6 is 11.8 Å². The molecule has 2 aromatic rings. The number of pyridine rings is 1. The van der Waals surface area contributed by atoms with E-state index in [1.165, 1.54) is 6.42 Å². The molecule has 1 unspecified atom stereocenters. The number of ether oxygens (including phenoxy) is 1. The number of benzene rings is 1. The van der Waals surface area contributed by atoms with Crippen LogP contribution in [-0.4, -0.2) is 23.4 Å². The second-order valence-electron chi connectivity index (χ2n) is 4.86. The van der Waals surface area contributed by atoms with Gasteiger partial charge in [0.25, 0.3) is 5.56 Å². The number of nitrogens with one attached hydrogen (secondary N) is 1. The van der Waals surface area contributed by atoms with Gasteiger partial charge in [-0.1, -0.05) is 18.2 Å². The maximum absolute atomic E-state index is 12.0. The fraction of sp³-hybridized carbons (Fsp3) is 0.400. The summed E-state index contributed by atoms with van der Waals surface area (Å²) in [6, 6.07) is 9.79. The van der Waals surface area contributed by atoms with E-state index in [1.807, 2.05) is 36.0 Å². The summed E-state index contributed by atoms with van der Waals surface area (Å²) in [6.45, 7) is 1.73. The van der Waals surface area contributed by atoms with Crippen LogP contribution < -0.4 is 5.56 Å². The zero-order valence-corrected chi connectivity index (χ0v) is 11.5. The maximum Gasteiger partial charge on any atom is 0.256 e. The molecule has 1 saturated heterocycles. The van der Waals surface area contributed by atoms with Crippen LogP contribution in [0.2, 0.25) is 0 Å². The molecule has 0 spiro atoms. The van der Waals surface area contributed by atoms with Gasteiger partial charge in [0, 0.05) is 28.7 Å². The van der Waals surface area contributed by atoms with Crippen molar-refractivity contribution >= 4 is 22.5 Å². The second-order valence-corrected chi connectivity index (χ2v) is 6.15. The molecule has 3 nitrogen and oxygen atoms in total. The van der Waals surface area contributed by atoms with Crippen molar-refractivity contribution in [3.05, 3.63) is 46.4 Å². The zero-order valence-electron chi connectivity index (χ0n) is 10.7. The van der Waals surface area contributed by atoms with Crippen molar-refractivity contribution in [2.75, 3.05) is 13.2 Å². The Labute approximate surface area is 116 Å². The van der Waals surface area contributed by atoms with E-state index >= 15 is 0 Å². The van der Waals surface area contributed by atoms with Crippen molar-refractivity contribution in [3.63, 3.8) is 0 Å². The van der Waals surface area contributed by atoms with Crippen molar-refractivity contribution in [2.24, 2.45) is 0 Å². The van der Waals surface area contributed by atoms with Gasteiger partial charge < -0.3 is 9.72 Å². The van der Waals surface area contributed by atoms with Crippen LogP contribution in [0.3, 0.4) is 0 Å². The summed E-state index contributed by atoms with van der Waals surface area (Å²) in [5.74, 6) is 0.841. The molecule has 2 heterocycles. The lowest BCUT2D eigenvalue weighted by Crippen LogP contribution is -2.19. The first-order chi connectivity index (χ1) is 9.33. The molecule has 0 bridgehead atoms. The van der Waals surface area contributed by atoms with E-state index < -0.39 is 0 Å². The molecule has 0 amide bonds. The molecule has 0 radical (unpaired) electrons. The van der Waals surface area contributed by atoms with Gasteiger partial charge in [-0.3, -0.25) is 4.79 Å². The van der Waals surface area contributed by atoms with E-state index in [0.29, 0.717) is 5.25 Å². The highest BCUT2D eigenvalue weighted by Gasteiger charge is 2.14. The van der Waals surface area contributed by atoms with Gasteiger partial charge >= 0.3 is 0 Å². The largest absolute Gasteiger partial charge is 0.380 e. The van der Waals surface area contributed by atoms with Crippen LogP contribution in [0, 0.1) is 0 Å². The lowest BCUT2D eigenvalue weighted by atomic mass is 10.1. The highest BCUT2D eigenvalue weighted by molar-refractivity contribution is 7.99. The first-order valence-electron chi connectivity index (χ1n) is 6.63. The summed E-state index contributed by atoms with van der Waals surface area (Å²) >= 11 is 1.87. The number of fused-ring (bicyclic) bond motifs is 1. The Morgan fingerprint density at radius 3 is 3.11 bits per heavy atom. The maximum atomic E-state index is 12.0. The third-order valence-electron chi connectivity index (χ3n) is 3.40. The Hall–Kier alpha value is -1.26. The molecule has 1 aromatic carbocycles. The van der Waals surface area contributed by atoms with Crippen molar-refractivity contribution in [1.29, 1.82) is 0 Å². The molecule has 1 aliphatic rings. The van der Waals surface area contributed by atoms with E-state index in [4.69, 9.17) is 4.74 Å². The molecular formula is C15H17NO2S. The van der Waals surface area contributed by atoms with Crippen molar-refractivity contribution < 1.29 is 4.74 Å². The summed E-state index contributed by atoms with van der Waals surface area (Å²) in [6.07, 6.45) is 2.36. The van der Waals surface area contributed by atoms with Gasteiger partial charge in [0.15, 0.2) is 0 Å². The topological polar surface area (TPSA) is 42.1 Å². The first-order valence-corrected chi connectivity index (χ1v) is 7.68. The fourth-order valence-electron chi connectivity index (χ4n) is 2.39. The molecule has 4 heteroatoms. The van der Waals surface area contributed by atoms with Crippen LogP contribution in [0.25, 0.3) is 10.8 Å².